The van der Waals surface area contributed by atoms with Crippen LogP contribution in [0.25, 0.3) is 10.9 Å². The minimum atomic E-state index is 0.315. The van der Waals surface area contributed by atoms with Crippen LogP contribution in [0.15, 0.2) is 24.3 Å². The van der Waals surface area contributed by atoms with E-state index in [1.807, 2.05) is 0 Å². The number of hydrogen-bond acceptors (Lipinski definition) is 3. The van der Waals surface area contributed by atoms with E-state index in [9.17, 15) is 4.79 Å². The summed E-state index contributed by atoms with van der Waals surface area (Å²) in [5.74, 6) is 0.315. The lowest BCUT2D eigenvalue weighted by atomic mass is 9.96. The molecule has 0 bridgehead atoms. The lowest BCUT2D eigenvalue weighted by Gasteiger charge is -2.43. The van der Waals surface area contributed by atoms with Crippen LogP contribution in [0.4, 0.5) is 0 Å². The highest BCUT2D eigenvalue weighted by Crippen LogP contribution is 2.28. The van der Waals surface area contributed by atoms with Crippen LogP contribution < -0.4 is 0 Å². The molecular weight excluding hydrogens is 360 g/mol. The number of nitrogens with zero attached hydrogens (tertiary/aromatic N) is 3. The summed E-state index contributed by atoms with van der Waals surface area (Å²) >= 11 is 0. The Labute approximate surface area is 174 Å². The molecule has 1 unspecified atom stereocenters. The summed E-state index contributed by atoms with van der Waals surface area (Å²) in [6.45, 7) is 7.88. The number of benzene rings is 1. The second kappa shape index (κ2) is 8.11. The second-order valence-corrected chi connectivity index (χ2v) is 9.28. The van der Waals surface area contributed by atoms with E-state index in [1.54, 1.807) is 0 Å². The van der Waals surface area contributed by atoms with Crippen LogP contribution in [0, 0.1) is 0 Å². The predicted octanol–water partition coefficient (Wildman–Crippen LogP) is 3.39. The van der Waals surface area contributed by atoms with E-state index < -0.39 is 0 Å². The van der Waals surface area contributed by atoms with Crippen molar-refractivity contribution in [1.82, 2.24) is 19.7 Å². The average molecular weight is 395 g/mol. The fraction of sp³-hybridized carbons (Fsp3) is 0.625. The van der Waals surface area contributed by atoms with E-state index in [1.165, 1.54) is 48.0 Å². The molecule has 2 aromatic rings. The topological polar surface area (TPSA) is 42.6 Å². The van der Waals surface area contributed by atoms with E-state index in [4.69, 9.17) is 0 Å². The first-order valence-corrected chi connectivity index (χ1v) is 11.5. The van der Waals surface area contributed by atoms with E-state index in [0.29, 0.717) is 18.5 Å². The Bertz CT molecular complexity index is 867. The molecule has 29 heavy (non-hydrogen) atoms. The molecule has 2 fully saturated rings. The summed E-state index contributed by atoms with van der Waals surface area (Å²) in [7, 11) is 0. The molecule has 1 N–H and O–H groups in total. The maximum Gasteiger partial charge on any atom is 0.236 e. The number of amides is 1. The summed E-state index contributed by atoms with van der Waals surface area (Å²) in [6.07, 6.45) is 7.37. The minimum absolute atomic E-state index is 0.315. The molecule has 5 nitrogen and oxygen atoms in total. The highest BCUT2D eigenvalue weighted by molar-refractivity contribution is 5.85. The Morgan fingerprint density at radius 2 is 1.90 bits per heavy atom. The standard InChI is InChI=1S/C24H34N4O/c1-18-6-4-5-12-28(18)19-9-14-27(15-10-19)24(29)17-26-13-11-21-20-7-2-3-8-22(20)25-23(21)16-26/h2-3,7-8,18-19,25H,4-6,9-17H2,1H3. The molecule has 3 aliphatic heterocycles. The Morgan fingerprint density at radius 1 is 1.07 bits per heavy atom. The third-order valence-corrected chi connectivity index (χ3v) is 7.46. The quantitative estimate of drug-likeness (QED) is 0.868. The number of piperidine rings is 2. The van der Waals surface area contributed by atoms with Gasteiger partial charge in [0.1, 0.15) is 0 Å². The molecule has 1 aromatic carbocycles. The molecular formula is C24H34N4O. The number of nitrogens with one attached hydrogen (secondary N) is 1. The Hall–Kier alpha value is -1.85. The van der Waals surface area contributed by atoms with Crippen molar-refractivity contribution in [2.45, 2.75) is 64.1 Å². The van der Waals surface area contributed by atoms with Gasteiger partial charge in [-0.1, -0.05) is 24.6 Å². The van der Waals surface area contributed by atoms with Crippen molar-refractivity contribution in [1.29, 1.82) is 0 Å². The molecule has 5 heteroatoms. The lowest BCUT2D eigenvalue weighted by Crippen LogP contribution is -2.52. The van der Waals surface area contributed by atoms with Gasteiger partial charge in [-0.25, -0.2) is 0 Å². The summed E-state index contributed by atoms with van der Waals surface area (Å²) in [5, 5.41) is 1.35. The van der Waals surface area contributed by atoms with Gasteiger partial charge in [-0.3, -0.25) is 14.6 Å². The van der Waals surface area contributed by atoms with E-state index in [2.05, 4.69) is 50.9 Å². The van der Waals surface area contributed by atoms with Crippen molar-refractivity contribution in [2.75, 3.05) is 32.7 Å². The van der Waals surface area contributed by atoms with Gasteiger partial charge in [-0.15, -0.1) is 0 Å². The number of fused-ring (bicyclic) bond motifs is 3. The molecule has 1 aromatic heterocycles. The zero-order valence-electron chi connectivity index (χ0n) is 17.7. The zero-order valence-corrected chi connectivity index (χ0v) is 17.7. The largest absolute Gasteiger partial charge is 0.357 e. The zero-order chi connectivity index (χ0) is 19.8. The molecule has 0 saturated carbocycles. The highest BCUT2D eigenvalue weighted by Gasteiger charge is 2.31. The van der Waals surface area contributed by atoms with Crippen LogP contribution >= 0.6 is 0 Å². The first kappa shape index (κ1) is 19.1. The van der Waals surface area contributed by atoms with Gasteiger partial charge in [0.25, 0.3) is 0 Å². The van der Waals surface area contributed by atoms with E-state index >= 15 is 0 Å². The van der Waals surface area contributed by atoms with E-state index in [0.717, 1.165) is 51.5 Å². The third-order valence-electron chi connectivity index (χ3n) is 7.46. The molecule has 0 aliphatic carbocycles. The van der Waals surface area contributed by atoms with Crippen LogP contribution in [0.2, 0.25) is 0 Å². The number of hydrogen-bond donors (Lipinski definition) is 1. The fourth-order valence-corrected chi connectivity index (χ4v) is 5.78. The molecule has 156 valence electrons. The molecule has 0 radical (unpaired) electrons. The second-order valence-electron chi connectivity index (χ2n) is 9.28. The van der Waals surface area contributed by atoms with Gasteiger partial charge in [-0.2, -0.15) is 0 Å². The van der Waals surface area contributed by atoms with Crippen molar-refractivity contribution in [3.63, 3.8) is 0 Å². The highest BCUT2D eigenvalue weighted by atomic mass is 16.2. The number of carbonyl (C=O) groups excluding carboxylic acids is 1. The Balaban J connectivity index is 1.16. The van der Waals surface area contributed by atoms with Gasteiger partial charge < -0.3 is 9.88 Å². The monoisotopic (exact) mass is 394 g/mol. The van der Waals surface area contributed by atoms with Crippen molar-refractivity contribution in [2.24, 2.45) is 0 Å². The van der Waals surface area contributed by atoms with Crippen LogP contribution in [0.3, 0.4) is 0 Å². The number of aromatic amines is 1. The van der Waals surface area contributed by atoms with Gasteiger partial charge >= 0.3 is 0 Å². The van der Waals surface area contributed by atoms with Gasteiger partial charge in [-0.05, 0) is 57.2 Å². The lowest BCUT2D eigenvalue weighted by molar-refractivity contribution is -0.134. The van der Waals surface area contributed by atoms with Crippen molar-refractivity contribution >= 4 is 16.8 Å². The van der Waals surface area contributed by atoms with Crippen LogP contribution in [-0.4, -0.2) is 70.4 Å². The first-order valence-electron chi connectivity index (χ1n) is 11.5. The van der Waals surface area contributed by atoms with Gasteiger partial charge in [0, 0.05) is 54.9 Å². The van der Waals surface area contributed by atoms with Gasteiger partial charge in [0.2, 0.25) is 5.91 Å². The predicted molar refractivity (Wildman–Crippen MR) is 117 cm³/mol. The van der Waals surface area contributed by atoms with Crippen LogP contribution in [0.1, 0.15) is 50.3 Å². The first-order chi connectivity index (χ1) is 14.2. The fourth-order valence-electron chi connectivity index (χ4n) is 5.78. The molecule has 4 heterocycles. The number of rotatable bonds is 3. The molecule has 5 rings (SSSR count). The number of carbonyl (C=O) groups is 1. The number of H-pyrrole nitrogens is 1. The Morgan fingerprint density at radius 3 is 2.72 bits per heavy atom. The van der Waals surface area contributed by atoms with Gasteiger partial charge in [0.05, 0.1) is 6.54 Å². The number of aromatic nitrogens is 1. The molecule has 3 aliphatic rings. The third kappa shape index (κ3) is 3.82. The van der Waals surface area contributed by atoms with Crippen molar-refractivity contribution in [3.05, 3.63) is 35.5 Å². The normalized spacial score (nSPS) is 24.7. The molecule has 1 atom stereocenters. The molecule has 1 amide bonds. The van der Waals surface area contributed by atoms with E-state index in [-0.39, 0.29) is 0 Å². The SMILES string of the molecule is CC1CCCCN1C1CCN(C(=O)CN2CCc3c([nH]c4ccccc34)C2)CC1. The minimum Gasteiger partial charge on any atom is -0.357 e. The summed E-state index contributed by atoms with van der Waals surface area (Å²) in [4.78, 5) is 23.7. The van der Waals surface area contributed by atoms with Crippen LogP contribution in [0.5, 0.6) is 0 Å². The number of para-hydroxylation sites is 1. The van der Waals surface area contributed by atoms with Crippen LogP contribution in [-0.2, 0) is 17.8 Å². The molecule has 0 spiro atoms. The Kier molecular flexibility index (Phi) is 5.35. The smallest absolute Gasteiger partial charge is 0.236 e. The average Bonchev–Trinajstić information content (AvgIpc) is 3.12. The van der Waals surface area contributed by atoms with Crippen molar-refractivity contribution in [3.8, 4) is 0 Å². The molecule has 2 saturated heterocycles. The summed E-state index contributed by atoms with van der Waals surface area (Å²) < 4.78 is 0. The van der Waals surface area contributed by atoms with Crippen molar-refractivity contribution < 1.29 is 4.79 Å². The maximum atomic E-state index is 13.0. The number of likely N-dealkylation sites (tertiary alicyclic amines) is 2. The summed E-state index contributed by atoms with van der Waals surface area (Å²) in [6, 6.07) is 9.95. The summed E-state index contributed by atoms with van der Waals surface area (Å²) in [5.41, 5.74) is 3.96. The van der Waals surface area contributed by atoms with Gasteiger partial charge in [0.15, 0.2) is 0 Å². The maximum absolute atomic E-state index is 13.0.